The Balaban J connectivity index is 1.16. The first kappa shape index (κ1) is 34.9. The summed E-state index contributed by atoms with van der Waals surface area (Å²) in [6.07, 6.45) is 0. The molecule has 0 radical (unpaired) electrons. The summed E-state index contributed by atoms with van der Waals surface area (Å²) in [6.45, 7) is 0. The Hall–Kier alpha value is -8.10. The van der Waals surface area contributed by atoms with Crippen LogP contribution in [0.15, 0.2) is 192 Å². The SMILES string of the molecule is N#Cc1cc(-n2c3ccccc3c3ccc4c(c32)-c2ccccc2C42c3ccccc3Sc3ccccc32)cc(C#N)c1-c1nc(-c2ccccc2)nc(-c2ccccc2)n1. The summed E-state index contributed by atoms with van der Waals surface area (Å²) >= 11 is 1.83. The van der Waals surface area contributed by atoms with Crippen molar-refractivity contribution < 1.29 is 0 Å². The Morgan fingerprint density at radius 1 is 0.459 bits per heavy atom. The van der Waals surface area contributed by atoms with Gasteiger partial charge in [-0.05, 0) is 58.1 Å². The molecule has 0 unspecified atom stereocenters. The standard InChI is InChI=1S/C54H30N6S/c55-31-35-29-37(30-36(32-56)48(35)53-58-51(33-15-3-1-4-16-33)57-52(59-53)34-17-5-2-6-18-34)60-45-24-12-8-19-38(45)39-27-28-44-49(50(39)60)40-20-7-9-21-41(40)54(44)42-22-10-13-25-46(42)61-47-26-14-11-23-43(47)54/h1-30H. The van der Waals surface area contributed by atoms with Crippen molar-refractivity contribution in [2.45, 2.75) is 15.2 Å². The molecule has 1 spiro atoms. The first-order valence-corrected chi connectivity index (χ1v) is 20.9. The van der Waals surface area contributed by atoms with Gasteiger partial charge < -0.3 is 4.57 Å². The fourth-order valence-electron chi connectivity index (χ4n) is 9.75. The number of aromatic nitrogens is 4. The Morgan fingerprint density at radius 3 is 1.61 bits per heavy atom. The molecule has 0 N–H and O–H groups in total. The molecule has 7 heteroatoms. The van der Waals surface area contributed by atoms with E-state index in [1.54, 1.807) is 0 Å². The fraction of sp³-hybridized carbons (Fsp3) is 0.0185. The molecule has 0 bridgehead atoms. The van der Waals surface area contributed by atoms with E-state index >= 15 is 0 Å². The van der Waals surface area contributed by atoms with Gasteiger partial charge in [0.05, 0.1) is 33.1 Å². The topological polar surface area (TPSA) is 91.2 Å². The first-order valence-electron chi connectivity index (χ1n) is 20.1. The van der Waals surface area contributed by atoms with E-state index in [9.17, 15) is 10.5 Å². The first-order chi connectivity index (χ1) is 30.2. The molecule has 10 aromatic rings. The Labute approximate surface area is 355 Å². The van der Waals surface area contributed by atoms with Crippen LogP contribution >= 0.6 is 11.8 Å². The second-order valence-corrected chi connectivity index (χ2v) is 16.4. The zero-order chi connectivity index (χ0) is 40.7. The van der Waals surface area contributed by atoms with Crippen LogP contribution < -0.4 is 0 Å². The van der Waals surface area contributed by atoms with Crippen LogP contribution in [0.2, 0.25) is 0 Å². The largest absolute Gasteiger partial charge is 0.309 e. The lowest BCUT2D eigenvalue weighted by molar-refractivity contribution is 0.723. The highest BCUT2D eigenvalue weighted by atomic mass is 32.2. The molecule has 8 aromatic carbocycles. The van der Waals surface area contributed by atoms with Gasteiger partial charge >= 0.3 is 0 Å². The number of hydrogen-bond acceptors (Lipinski definition) is 6. The quantitative estimate of drug-likeness (QED) is 0.176. The molecule has 2 aromatic heterocycles. The van der Waals surface area contributed by atoms with Gasteiger partial charge in [-0.25, -0.2) is 15.0 Å². The Bertz CT molecular complexity index is 3400. The minimum absolute atomic E-state index is 0.263. The van der Waals surface area contributed by atoms with Gasteiger partial charge in [0.2, 0.25) is 0 Å². The average Bonchev–Trinajstić information content (AvgIpc) is 3.82. The normalized spacial score (nSPS) is 13.0. The molecule has 6 nitrogen and oxygen atoms in total. The molecule has 3 heterocycles. The third-order valence-electron chi connectivity index (χ3n) is 12.2. The van der Waals surface area contributed by atoms with Crippen molar-refractivity contribution in [2.24, 2.45) is 0 Å². The van der Waals surface area contributed by atoms with Gasteiger partial charge in [0.25, 0.3) is 0 Å². The van der Waals surface area contributed by atoms with Crippen molar-refractivity contribution in [3.05, 3.63) is 215 Å². The van der Waals surface area contributed by atoms with Gasteiger partial charge in [-0.15, -0.1) is 0 Å². The van der Waals surface area contributed by atoms with E-state index in [1.807, 2.05) is 90.6 Å². The van der Waals surface area contributed by atoms with Crippen LogP contribution in [0, 0.1) is 22.7 Å². The number of fused-ring (bicyclic) bond motifs is 13. The van der Waals surface area contributed by atoms with Crippen LogP contribution in [-0.2, 0) is 5.41 Å². The van der Waals surface area contributed by atoms with E-state index in [0.717, 1.165) is 44.1 Å². The van der Waals surface area contributed by atoms with E-state index in [1.165, 1.54) is 32.0 Å². The number of para-hydroxylation sites is 1. The van der Waals surface area contributed by atoms with Crippen molar-refractivity contribution >= 4 is 33.6 Å². The van der Waals surface area contributed by atoms with Gasteiger partial charge in [0.15, 0.2) is 17.5 Å². The number of nitrogens with zero attached hydrogens (tertiary/aromatic N) is 6. The van der Waals surface area contributed by atoms with Crippen LogP contribution in [0.5, 0.6) is 0 Å². The summed E-state index contributed by atoms with van der Waals surface area (Å²) in [5.74, 6) is 1.17. The Kier molecular flexibility index (Phi) is 7.71. The molecule has 12 rings (SSSR count). The van der Waals surface area contributed by atoms with Crippen LogP contribution in [0.3, 0.4) is 0 Å². The average molecular weight is 795 g/mol. The maximum Gasteiger partial charge on any atom is 0.166 e. The summed E-state index contributed by atoms with van der Waals surface area (Å²) in [6, 6.07) is 67.5. The maximum atomic E-state index is 11.0. The third-order valence-corrected chi connectivity index (χ3v) is 13.3. The van der Waals surface area contributed by atoms with Crippen LogP contribution in [0.4, 0.5) is 0 Å². The molecule has 0 saturated carbocycles. The van der Waals surface area contributed by atoms with E-state index in [2.05, 4.69) is 120 Å². The number of rotatable bonds is 4. The minimum atomic E-state index is -0.565. The zero-order valence-corrected chi connectivity index (χ0v) is 33.2. The molecular formula is C54H30N6S. The number of nitriles is 2. The molecule has 1 aliphatic heterocycles. The maximum absolute atomic E-state index is 11.0. The summed E-state index contributed by atoms with van der Waals surface area (Å²) in [5, 5.41) is 24.2. The van der Waals surface area contributed by atoms with Gasteiger partial charge in [-0.1, -0.05) is 163 Å². The second kappa shape index (κ2) is 13.5. The summed E-state index contributed by atoms with van der Waals surface area (Å²) in [4.78, 5) is 17.2. The smallest absolute Gasteiger partial charge is 0.166 e. The molecule has 282 valence electrons. The van der Waals surface area contributed by atoms with E-state index < -0.39 is 5.41 Å². The lowest BCUT2D eigenvalue weighted by atomic mass is 9.67. The van der Waals surface area contributed by atoms with Crippen LogP contribution in [0.25, 0.3) is 72.8 Å². The summed E-state index contributed by atoms with van der Waals surface area (Å²) in [5.41, 5.74) is 12.0. The highest BCUT2D eigenvalue weighted by Gasteiger charge is 2.51. The van der Waals surface area contributed by atoms with Crippen molar-refractivity contribution in [3.8, 4) is 63.1 Å². The molecule has 1 aliphatic carbocycles. The lowest BCUT2D eigenvalue weighted by Crippen LogP contribution is -2.31. The fourth-order valence-corrected chi connectivity index (χ4v) is 10.9. The number of benzene rings is 8. The Morgan fingerprint density at radius 2 is 0.984 bits per heavy atom. The van der Waals surface area contributed by atoms with Gasteiger partial charge in [-0.2, -0.15) is 10.5 Å². The number of hydrogen-bond donors (Lipinski definition) is 0. The van der Waals surface area contributed by atoms with Crippen molar-refractivity contribution in [3.63, 3.8) is 0 Å². The summed E-state index contributed by atoms with van der Waals surface area (Å²) in [7, 11) is 0. The zero-order valence-electron chi connectivity index (χ0n) is 32.4. The summed E-state index contributed by atoms with van der Waals surface area (Å²) < 4.78 is 2.25. The molecule has 0 atom stereocenters. The third kappa shape index (κ3) is 4.99. The minimum Gasteiger partial charge on any atom is -0.309 e. The highest BCUT2D eigenvalue weighted by molar-refractivity contribution is 7.99. The van der Waals surface area contributed by atoms with Crippen molar-refractivity contribution in [1.29, 1.82) is 10.5 Å². The van der Waals surface area contributed by atoms with Crippen LogP contribution in [-0.4, -0.2) is 19.5 Å². The van der Waals surface area contributed by atoms with Crippen LogP contribution in [0.1, 0.15) is 33.4 Å². The molecule has 2 aliphatic rings. The van der Waals surface area contributed by atoms with Gasteiger partial charge in [0.1, 0.15) is 12.1 Å². The molecule has 0 amide bonds. The van der Waals surface area contributed by atoms with Gasteiger partial charge in [-0.3, -0.25) is 0 Å². The molecular weight excluding hydrogens is 765 g/mol. The highest BCUT2D eigenvalue weighted by Crippen LogP contribution is 2.63. The van der Waals surface area contributed by atoms with Crippen molar-refractivity contribution in [2.75, 3.05) is 0 Å². The predicted octanol–water partition coefficient (Wildman–Crippen LogP) is 12.5. The predicted molar refractivity (Wildman–Crippen MR) is 241 cm³/mol. The van der Waals surface area contributed by atoms with E-state index in [0.29, 0.717) is 34.0 Å². The second-order valence-electron chi connectivity index (χ2n) is 15.3. The molecule has 61 heavy (non-hydrogen) atoms. The van der Waals surface area contributed by atoms with Gasteiger partial charge in [0, 0.05) is 42.9 Å². The molecule has 0 saturated heterocycles. The van der Waals surface area contributed by atoms with E-state index in [4.69, 9.17) is 15.0 Å². The van der Waals surface area contributed by atoms with Crippen molar-refractivity contribution in [1.82, 2.24) is 19.5 Å². The lowest BCUT2D eigenvalue weighted by Gasteiger charge is -2.39. The van der Waals surface area contributed by atoms with E-state index in [-0.39, 0.29) is 5.82 Å². The molecule has 0 fully saturated rings. The monoisotopic (exact) mass is 794 g/mol.